The van der Waals surface area contributed by atoms with E-state index in [4.69, 9.17) is 0 Å². The molecule has 1 amide bonds. The lowest BCUT2D eigenvalue weighted by Gasteiger charge is -2.11. The fourth-order valence-corrected chi connectivity index (χ4v) is 2.62. The van der Waals surface area contributed by atoms with Crippen molar-refractivity contribution in [2.75, 3.05) is 5.32 Å². The quantitative estimate of drug-likeness (QED) is 0.721. The maximum atomic E-state index is 12.7. The van der Waals surface area contributed by atoms with Gasteiger partial charge in [-0.15, -0.1) is 0 Å². The molecule has 2 aromatic heterocycles. The lowest BCUT2D eigenvalue weighted by Crippen LogP contribution is -2.16. The number of hydrogen-bond acceptors (Lipinski definition) is 3. The summed E-state index contributed by atoms with van der Waals surface area (Å²) in [5.41, 5.74) is 3.64. The van der Waals surface area contributed by atoms with Gasteiger partial charge in [-0.2, -0.15) is 0 Å². The van der Waals surface area contributed by atoms with E-state index >= 15 is 0 Å². The molecule has 1 N–H and O–H groups in total. The van der Waals surface area contributed by atoms with Crippen LogP contribution in [0.4, 0.5) is 5.69 Å². The molecule has 0 atom stereocenters. The average Bonchev–Trinajstić information content (AvgIpc) is 2.69. The number of fused-ring (bicyclic) bond motifs is 1. The molecule has 0 spiro atoms. The first-order valence-electron chi connectivity index (χ1n) is 8.50. The number of hydrogen-bond donors (Lipinski definition) is 1. The first-order chi connectivity index (χ1) is 12.2. The molecule has 0 saturated heterocycles. The van der Waals surface area contributed by atoms with Gasteiger partial charge >= 0.3 is 0 Å². The van der Waals surface area contributed by atoms with Gasteiger partial charge in [0.15, 0.2) is 0 Å². The molecule has 0 saturated carbocycles. The van der Waals surface area contributed by atoms with Crippen LogP contribution < -0.4 is 5.32 Å². The lowest BCUT2D eigenvalue weighted by atomic mass is 10.0. The Morgan fingerprint density at radius 3 is 2.60 bits per heavy atom. The normalized spacial score (nSPS) is 9.88. The standard InChI is InChI=1S/C19H17N3O.C2H6/c1-3-13-10-12-21-18(15(13)4-2)19(23)22-16-9-5-7-14-8-6-11-20-17(14)16;1-2/h4-12H,2-3H2,1H3,(H,22,23);1-2H3. The van der Waals surface area contributed by atoms with E-state index in [1.165, 1.54) is 0 Å². The highest BCUT2D eigenvalue weighted by Crippen LogP contribution is 2.22. The highest BCUT2D eigenvalue weighted by atomic mass is 16.1. The molecule has 0 unspecified atom stereocenters. The van der Waals surface area contributed by atoms with Gasteiger partial charge in [-0.3, -0.25) is 14.8 Å². The molecule has 25 heavy (non-hydrogen) atoms. The number of amides is 1. The van der Waals surface area contributed by atoms with Crippen molar-refractivity contribution in [1.29, 1.82) is 0 Å². The maximum Gasteiger partial charge on any atom is 0.274 e. The van der Waals surface area contributed by atoms with Gasteiger partial charge in [0.2, 0.25) is 0 Å². The summed E-state index contributed by atoms with van der Waals surface area (Å²) in [4.78, 5) is 21.2. The van der Waals surface area contributed by atoms with Crippen LogP contribution in [0.2, 0.25) is 0 Å². The highest BCUT2D eigenvalue weighted by molar-refractivity contribution is 6.09. The van der Waals surface area contributed by atoms with Crippen LogP contribution in [0.25, 0.3) is 17.0 Å². The molecule has 4 heteroatoms. The van der Waals surface area contributed by atoms with Crippen LogP contribution in [0.15, 0.2) is 55.4 Å². The zero-order valence-electron chi connectivity index (χ0n) is 14.9. The number of benzene rings is 1. The molecule has 0 aliphatic carbocycles. The minimum absolute atomic E-state index is 0.256. The van der Waals surface area contributed by atoms with Gasteiger partial charge in [0.05, 0.1) is 11.2 Å². The maximum absolute atomic E-state index is 12.7. The molecule has 3 aromatic rings. The summed E-state index contributed by atoms with van der Waals surface area (Å²) in [6.07, 6.45) is 5.87. The van der Waals surface area contributed by atoms with Crippen molar-refractivity contribution in [3.8, 4) is 0 Å². The van der Waals surface area contributed by atoms with Gasteiger partial charge in [-0.25, -0.2) is 0 Å². The second-order valence-electron chi connectivity index (χ2n) is 5.12. The Bertz CT molecular complexity index is 882. The van der Waals surface area contributed by atoms with Crippen LogP contribution in [-0.2, 0) is 6.42 Å². The van der Waals surface area contributed by atoms with Crippen molar-refractivity contribution in [2.45, 2.75) is 27.2 Å². The van der Waals surface area contributed by atoms with Crippen molar-refractivity contribution in [3.05, 3.63) is 72.2 Å². The van der Waals surface area contributed by atoms with E-state index in [0.717, 1.165) is 28.5 Å². The number of rotatable bonds is 4. The Morgan fingerprint density at radius 2 is 1.88 bits per heavy atom. The predicted octanol–water partition coefficient (Wildman–Crippen LogP) is 5.11. The third-order valence-electron chi connectivity index (χ3n) is 3.76. The Hall–Kier alpha value is -3.01. The van der Waals surface area contributed by atoms with Crippen LogP contribution >= 0.6 is 0 Å². The number of carbonyl (C=O) groups excluding carboxylic acids is 1. The Kier molecular flexibility index (Phi) is 6.40. The number of anilines is 1. The molecule has 3 rings (SSSR count). The van der Waals surface area contributed by atoms with E-state index in [-0.39, 0.29) is 5.91 Å². The fraction of sp³-hybridized carbons (Fsp3) is 0.190. The van der Waals surface area contributed by atoms with E-state index < -0.39 is 0 Å². The SMILES string of the molecule is C=Cc1c(CC)ccnc1C(=O)Nc1cccc2cccnc12.CC. The van der Waals surface area contributed by atoms with Gasteiger partial charge in [0.25, 0.3) is 5.91 Å². The number of aromatic nitrogens is 2. The second-order valence-corrected chi connectivity index (χ2v) is 5.12. The molecule has 1 aromatic carbocycles. The minimum Gasteiger partial charge on any atom is -0.319 e. The van der Waals surface area contributed by atoms with Crippen molar-refractivity contribution < 1.29 is 4.79 Å². The number of nitrogens with zero attached hydrogens (tertiary/aromatic N) is 2. The molecule has 4 nitrogen and oxygen atoms in total. The molecule has 0 fully saturated rings. The summed E-state index contributed by atoms with van der Waals surface area (Å²) in [6.45, 7) is 9.85. The van der Waals surface area contributed by atoms with Crippen LogP contribution in [0, 0.1) is 0 Å². The van der Waals surface area contributed by atoms with Crippen LogP contribution in [0.1, 0.15) is 42.4 Å². The zero-order chi connectivity index (χ0) is 18.2. The third-order valence-corrected chi connectivity index (χ3v) is 3.76. The van der Waals surface area contributed by atoms with E-state index in [0.29, 0.717) is 11.4 Å². The van der Waals surface area contributed by atoms with Gasteiger partial charge in [0.1, 0.15) is 5.69 Å². The Morgan fingerprint density at radius 1 is 1.12 bits per heavy atom. The summed E-state index contributed by atoms with van der Waals surface area (Å²) in [5.74, 6) is -0.256. The summed E-state index contributed by atoms with van der Waals surface area (Å²) >= 11 is 0. The van der Waals surface area contributed by atoms with Gasteiger partial charge in [-0.05, 0) is 30.2 Å². The summed E-state index contributed by atoms with van der Waals surface area (Å²) < 4.78 is 0. The van der Waals surface area contributed by atoms with E-state index in [2.05, 4.69) is 21.9 Å². The molecule has 0 aliphatic rings. The number of aryl methyl sites for hydroxylation is 1. The van der Waals surface area contributed by atoms with Gasteiger partial charge in [0, 0.05) is 23.3 Å². The second kappa shape index (κ2) is 8.73. The van der Waals surface area contributed by atoms with Crippen molar-refractivity contribution in [2.24, 2.45) is 0 Å². The number of nitrogens with one attached hydrogen (secondary N) is 1. The van der Waals surface area contributed by atoms with Crippen LogP contribution in [-0.4, -0.2) is 15.9 Å². The number of carbonyl (C=O) groups is 1. The van der Waals surface area contributed by atoms with Crippen molar-refractivity contribution in [3.63, 3.8) is 0 Å². The smallest absolute Gasteiger partial charge is 0.274 e. The fourth-order valence-electron chi connectivity index (χ4n) is 2.62. The molecular weight excluding hydrogens is 310 g/mol. The van der Waals surface area contributed by atoms with Gasteiger partial charge < -0.3 is 5.32 Å². The van der Waals surface area contributed by atoms with Crippen LogP contribution in [0.5, 0.6) is 0 Å². The number of pyridine rings is 2. The Labute approximate surface area is 148 Å². The first kappa shape index (κ1) is 18.3. The molecular formula is C21H23N3O. The molecule has 128 valence electrons. The summed E-state index contributed by atoms with van der Waals surface area (Å²) in [6, 6.07) is 11.4. The van der Waals surface area contributed by atoms with Crippen molar-refractivity contribution >= 4 is 28.6 Å². The van der Waals surface area contributed by atoms with Crippen molar-refractivity contribution in [1.82, 2.24) is 9.97 Å². The monoisotopic (exact) mass is 333 g/mol. The van der Waals surface area contributed by atoms with E-state index in [9.17, 15) is 4.79 Å². The number of para-hydroxylation sites is 1. The molecule has 0 bridgehead atoms. The highest BCUT2D eigenvalue weighted by Gasteiger charge is 2.15. The Balaban J connectivity index is 0.00000109. The van der Waals surface area contributed by atoms with Gasteiger partial charge in [-0.1, -0.05) is 51.6 Å². The van der Waals surface area contributed by atoms with E-state index in [1.807, 2.05) is 57.2 Å². The topological polar surface area (TPSA) is 54.9 Å². The molecule has 2 heterocycles. The average molecular weight is 333 g/mol. The minimum atomic E-state index is -0.256. The molecule has 0 radical (unpaired) electrons. The molecule has 0 aliphatic heterocycles. The first-order valence-corrected chi connectivity index (χ1v) is 8.50. The predicted molar refractivity (Wildman–Crippen MR) is 105 cm³/mol. The summed E-state index contributed by atoms with van der Waals surface area (Å²) in [5, 5.41) is 3.89. The van der Waals surface area contributed by atoms with E-state index in [1.54, 1.807) is 18.5 Å². The third kappa shape index (κ3) is 3.91. The largest absolute Gasteiger partial charge is 0.319 e. The summed E-state index contributed by atoms with van der Waals surface area (Å²) in [7, 11) is 0. The lowest BCUT2D eigenvalue weighted by molar-refractivity contribution is 0.102. The zero-order valence-corrected chi connectivity index (χ0v) is 14.9. The van der Waals surface area contributed by atoms with Crippen LogP contribution in [0.3, 0.4) is 0 Å².